The minimum atomic E-state index is -2.93. The van der Waals surface area contributed by atoms with Crippen molar-refractivity contribution in [1.82, 2.24) is 4.57 Å². The molecule has 0 fully saturated rings. The number of fused-ring (bicyclic) bond motifs is 1. The van der Waals surface area contributed by atoms with Gasteiger partial charge in [0.15, 0.2) is 5.72 Å². The number of ether oxygens (including phenoxy) is 3. The highest BCUT2D eigenvalue weighted by atomic mass is 19.3. The van der Waals surface area contributed by atoms with Crippen LogP contribution in [0.25, 0.3) is 22.9 Å². The number of hydrogen-bond donors (Lipinski definition) is 1. The number of pyridine rings is 1. The van der Waals surface area contributed by atoms with Crippen molar-refractivity contribution in [2.75, 3.05) is 19.0 Å². The third-order valence-electron chi connectivity index (χ3n) is 5.34. The quantitative estimate of drug-likeness (QED) is 0.525. The van der Waals surface area contributed by atoms with Crippen LogP contribution in [0.3, 0.4) is 0 Å². The zero-order valence-electron chi connectivity index (χ0n) is 18.5. The number of nitrogens with one attached hydrogen (secondary N) is 1. The van der Waals surface area contributed by atoms with E-state index in [2.05, 4.69) is 10.1 Å². The molecule has 1 aliphatic heterocycles. The number of methoxy groups -OCH3 is 1. The van der Waals surface area contributed by atoms with E-state index in [4.69, 9.17) is 9.47 Å². The molecule has 0 saturated heterocycles. The second-order valence-corrected chi connectivity index (χ2v) is 7.60. The molecule has 0 bridgehead atoms. The number of rotatable bonds is 7. The normalized spacial score (nSPS) is 16.9. The summed E-state index contributed by atoms with van der Waals surface area (Å²) < 4.78 is 42.2. The van der Waals surface area contributed by atoms with Gasteiger partial charge in [-0.2, -0.15) is 8.78 Å². The summed E-state index contributed by atoms with van der Waals surface area (Å²) in [6.45, 7) is 1.29. The summed E-state index contributed by atoms with van der Waals surface area (Å²) in [7, 11) is 1.58. The van der Waals surface area contributed by atoms with Crippen LogP contribution in [0, 0.1) is 0 Å². The van der Waals surface area contributed by atoms with E-state index in [1.807, 2.05) is 44.2 Å². The van der Waals surface area contributed by atoms with E-state index >= 15 is 0 Å². The maximum Gasteiger partial charge on any atom is 0.387 e. The molecule has 0 amide bonds. The van der Waals surface area contributed by atoms with Crippen molar-refractivity contribution >= 4 is 11.9 Å². The molecule has 1 N–H and O–H groups in total. The Balaban J connectivity index is 1.89. The molecule has 1 atom stereocenters. The second-order valence-electron chi connectivity index (χ2n) is 7.60. The summed E-state index contributed by atoms with van der Waals surface area (Å²) in [6, 6.07) is 15.0. The molecular formula is C25H24F2N2O4. The number of anilines is 1. The lowest BCUT2D eigenvalue weighted by Gasteiger charge is -2.34. The predicted octanol–water partition coefficient (Wildman–Crippen LogP) is 5.31. The number of alkyl halides is 2. The third-order valence-corrected chi connectivity index (χ3v) is 5.34. The van der Waals surface area contributed by atoms with Crippen molar-refractivity contribution in [3.63, 3.8) is 0 Å². The van der Waals surface area contributed by atoms with Crippen LogP contribution < -0.4 is 20.3 Å². The number of aromatic nitrogens is 1. The van der Waals surface area contributed by atoms with Gasteiger partial charge in [-0.05, 0) is 68.0 Å². The van der Waals surface area contributed by atoms with Gasteiger partial charge >= 0.3 is 6.61 Å². The maximum absolute atomic E-state index is 13.7. The summed E-state index contributed by atoms with van der Waals surface area (Å²) in [4.78, 5) is 13.7. The maximum atomic E-state index is 13.7. The Kier molecular flexibility index (Phi) is 6.20. The van der Waals surface area contributed by atoms with E-state index in [1.54, 1.807) is 31.4 Å². The van der Waals surface area contributed by atoms with Crippen molar-refractivity contribution < 1.29 is 23.0 Å². The van der Waals surface area contributed by atoms with Crippen LogP contribution in [0.15, 0.2) is 65.5 Å². The number of nitrogens with zero attached hydrogens (tertiary/aromatic N) is 1. The van der Waals surface area contributed by atoms with Gasteiger partial charge in [-0.1, -0.05) is 18.2 Å². The fraction of sp³-hybridized carbons (Fsp3) is 0.240. The molecule has 1 aromatic heterocycles. The molecule has 0 unspecified atom stereocenters. The minimum Gasteiger partial charge on any atom is -0.497 e. The molecule has 1 aliphatic rings. The lowest BCUT2D eigenvalue weighted by Crippen LogP contribution is -2.40. The standard InChI is InChI=1S/C25H24F2N2O4/c1-4-32-25(2)14-13-17-15-21(16-5-9-19(31-3)10-6-16)23(30)29(22(17)28-25)18-7-11-20(12-8-18)33-24(26)27/h5-15,24,28H,4H2,1-3H3/t25-/m0/s1. The molecule has 0 spiro atoms. The van der Waals surface area contributed by atoms with Gasteiger partial charge in [-0.3, -0.25) is 9.36 Å². The average molecular weight is 454 g/mol. The molecule has 2 aromatic carbocycles. The smallest absolute Gasteiger partial charge is 0.387 e. The summed E-state index contributed by atoms with van der Waals surface area (Å²) in [6.07, 6.45) is 3.80. The lowest BCUT2D eigenvalue weighted by atomic mass is 10.0. The van der Waals surface area contributed by atoms with E-state index in [1.165, 1.54) is 16.7 Å². The predicted molar refractivity (Wildman–Crippen MR) is 123 cm³/mol. The molecule has 0 aliphatic carbocycles. The molecule has 6 nitrogen and oxygen atoms in total. The summed E-state index contributed by atoms with van der Waals surface area (Å²) in [5.74, 6) is 1.23. The first kappa shape index (κ1) is 22.5. The van der Waals surface area contributed by atoms with Gasteiger partial charge in [0.2, 0.25) is 0 Å². The zero-order chi connectivity index (χ0) is 23.6. The summed E-state index contributed by atoms with van der Waals surface area (Å²) in [5, 5.41) is 3.31. The Morgan fingerprint density at radius 1 is 1.06 bits per heavy atom. The van der Waals surface area contributed by atoms with Crippen LogP contribution in [0.4, 0.5) is 14.6 Å². The molecule has 8 heteroatoms. The highest BCUT2D eigenvalue weighted by molar-refractivity contribution is 5.77. The third kappa shape index (κ3) is 4.61. The first-order valence-electron chi connectivity index (χ1n) is 10.4. The van der Waals surface area contributed by atoms with Gasteiger partial charge in [0.05, 0.1) is 12.8 Å². The molecular weight excluding hydrogens is 430 g/mol. The highest BCUT2D eigenvalue weighted by Gasteiger charge is 2.29. The second kappa shape index (κ2) is 9.07. The number of halogens is 2. The molecule has 172 valence electrons. The molecule has 33 heavy (non-hydrogen) atoms. The average Bonchev–Trinajstić information content (AvgIpc) is 2.79. The molecule has 2 heterocycles. The van der Waals surface area contributed by atoms with Gasteiger partial charge in [0.1, 0.15) is 17.3 Å². The van der Waals surface area contributed by atoms with Gasteiger partial charge in [0, 0.05) is 17.7 Å². The molecule has 0 saturated carbocycles. The van der Waals surface area contributed by atoms with Gasteiger partial charge in [0.25, 0.3) is 5.56 Å². The Labute approximate surface area is 190 Å². The highest BCUT2D eigenvalue weighted by Crippen LogP contribution is 2.33. The number of hydrogen-bond acceptors (Lipinski definition) is 5. The topological polar surface area (TPSA) is 61.7 Å². The van der Waals surface area contributed by atoms with Gasteiger partial charge < -0.3 is 19.5 Å². The molecule has 3 aromatic rings. The largest absolute Gasteiger partial charge is 0.497 e. The molecule has 4 rings (SSSR count). The van der Waals surface area contributed by atoms with Crippen LogP contribution in [0.1, 0.15) is 19.4 Å². The van der Waals surface area contributed by atoms with Gasteiger partial charge in [-0.25, -0.2) is 0 Å². The van der Waals surface area contributed by atoms with Crippen molar-refractivity contribution in [1.29, 1.82) is 0 Å². The van der Waals surface area contributed by atoms with E-state index < -0.39 is 12.3 Å². The van der Waals surface area contributed by atoms with E-state index in [9.17, 15) is 13.6 Å². The summed E-state index contributed by atoms with van der Waals surface area (Å²) in [5.41, 5.74) is 1.40. The first-order chi connectivity index (χ1) is 15.8. The molecule has 0 radical (unpaired) electrons. The number of benzene rings is 2. The SMILES string of the molecule is CCO[C@@]1(C)C=Cc2cc(-c3ccc(OC)cc3)c(=O)n(-c3ccc(OC(F)F)cc3)c2N1. The van der Waals surface area contributed by atoms with E-state index in [-0.39, 0.29) is 11.3 Å². The minimum absolute atomic E-state index is 0.00832. The Bertz CT molecular complexity index is 1220. The monoisotopic (exact) mass is 454 g/mol. The van der Waals surface area contributed by atoms with Crippen molar-refractivity contribution in [3.05, 3.63) is 76.6 Å². The van der Waals surface area contributed by atoms with Crippen molar-refractivity contribution in [2.24, 2.45) is 0 Å². The van der Waals surface area contributed by atoms with E-state index in [0.717, 1.165) is 11.1 Å². The first-order valence-corrected chi connectivity index (χ1v) is 10.4. The van der Waals surface area contributed by atoms with Crippen LogP contribution in [0.2, 0.25) is 0 Å². The Hall–Kier alpha value is -3.65. The lowest BCUT2D eigenvalue weighted by molar-refractivity contribution is -0.0498. The fourth-order valence-electron chi connectivity index (χ4n) is 3.80. The Morgan fingerprint density at radius 3 is 2.33 bits per heavy atom. The summed E-state index contributed by atoms with van der Waals surface area (Å²) >= 11 is 0. The van der Waals surface area contributed by atoms with Crippen LogP contribution >= 0.6 is 0 Å². The van der Waals surface area contributed by atoms with Crippen LogP contribution in [-0.2, 0) is 4.74 Å². The fourth-order valence-corrected chi connectivity index (χ4v) is 3.80. The van der Waals surface area contributed by atoms with Crippen molar-refractivity contribution in [3.8, 4) is 28.3 Å². The van der Waals surface area contributed by atoms with E-state index in [0.29, 0.717) is 29.4 Å². The zero-order valence-corrected chi connectivity index (χ0v) is 18.5. The van der Waals surface area contributed by atoms with Gasteiger partial charge in [-0.15, -0.1) is 0 Å². The van der Waals surface area contributed by atoms with Crippen molar-refractivity contribution in [2.45, 2.75) is 26.2 Å². The van der Waals surface area contributed by atoms with Crippen LogP contribution in [-0.4, -0.2) is 30.6 Å². The van der Waals surface area contributed by atoms with Crippen LogP contribution in [0.5, 0.6) is 11.5 Å². The Morgan fingerprint density at radius 2 is 1.73 bits per heavy atom.